The Morgan fingerprint density at radius 1 is 1.06 bits per heavy atom. The number of aromatic nitrogens is 2. The molecule has 2 amide bonds. The van der Waals surface area contributed by atoms with E-state index in [2.05, 4.69) is 53.3 Å². The zero-order valence-electron chi connectivity index (χ0n) is 17.8. The van der Waals surface area contributed by atoms with Crippen molar-refractivity contribution in [1.29, 1.82) is 0 Å². The number of H-pyrrole nitrogens is 1. The van der Waals surface area contributed by atoms with E-state index in [0.29, 0.717) is 38.3 Å². The maximum absolute atomic E-state index is 13.3. The Bertz CT molecular complexity index is 1000. The molecule has 4 rings (SSSR count). The largest absolute Gasteiger partial charge is 0.341 e. The Balaban J connectivity index is 1.53. The van der Waals surface area contributed by atoms with Crippen molar-refractivity contribution in [3.05, 3.63) is 78.4 Å². The van der Waals surface area contributed by atoms with E-state index in [9.17, 15) is 9.59 Å². The van der Waals surface area contributed by atoms with Crippen molar-refractivity contribution in [2.75, 3.05) is 26.2 Å². The van der Waals surface area contributed by atoms with E-state index in [4.69, 9.17) is 0 Å². The van der Waals surface area contributed by atoms with E-state index in [1.54, 1.807) is 4.90 Å². The zero-order chi connectivity index (χ0) is 21.6. The summed E-state index contributed by atoms with van der Waals surface area (Å²) in [7, 11) is 0. The monoisotopic (exact) mass is 416 g/mol. The number of amides is 2. The Morgan fingerprint density at radius 3 is 2.48 bits per heavy atom. The van der Waals surface area contributed by atoms with Crippen molar-refractivity contribution in [1.82, 2.24) is 19.8 Å². The first-order valence-electron chi connectivity index (χ1n) is 10.9. The molecule has 1 aromatic heterocycles. The Hall–Kier alpha value is -3.41. The summed E-state index contributed by atoms with van der Waals surface area (Å²) in [4.78, 5) is 36.7. The number of benzene rings is 2. The molecule has 1 aliphatic rings. The van der Waals surface area contributed by atoms with E-state index in [0.717, 1.165) is 17.5 Å². The van der Waals surface area contributed by atoms with E-state index in [-0.39, 0.29) is 17.7 Å². The normalized spacial score (nSPS) is 16.9. The van der Waals surface area contributed by atoms with Crippen molar-refractivity contribution < 1.29 is 9.59 Å². The van der Waals surface area contributed by atoms with Crippen LogP contribution in [-0.4, -0.2) is 57.8 Å². The number of rotatable bonds is 6. The SMILES string of the molecule is CCCN1CCN(C(=O)c2cnc[nH]2)C[C@H](Cc2ccc(-c3ccccc3)cc2)C1=O. The summed E-state index contributed by atoms with van der Waals surface area (Å²) in [5.41, 5.74) is 3.89. The van der Waals surface area contributed by atoms with Gasteiger partial charge in [-0.05, 0) is 29.5 Å². The lowest BCUT2D eigenvalue weighted by Crippen LogP contribution is -2.38. The minimum atomic E-state index is -0.261. The van der Waals surface area contributed by atoms with Gasteiger partial charge in [-0.2, -0.15) is 0 Å². The van der Waals surface area contributed by atoms with Crippen LogP contribution in [0.15, 0.2) is 67.1 Å². The minimum absolute atomic E-state index is 0.104. The number of carbonyl (C=O) groups is 2. The lowest BCUT2D eigenvalue weighted by atomic mass is 9.95. The van der Waals surface area contributed by atoms with Gasteiger partial charge < -0.3 is 14.8 Å². The van der Waals surface area contributed by atoms with Gasteiger partial charge in [-0.25, -0.2) is 4.98 Å². The van der Waals surface area contributed by atoms with Crippen LogP contribution in [0, 0.1) is 5.92 Å². The van der Waals surface area contributed by atoms with Crippen molar-refractivity contribution in [2.45, 2.75) is 19.8 Å². The number of hydrogen-bond acceptors (Lipinski definition) is 3. The molecule has 3 aromatic rings. The molecular formula is C25H28N4O2. The van der Waals surface area contributed by atoms with Crippen molar-refractivity contribution in [3.63, 3.8) is 0 Å². The van der Waals surface area contributed by atoms with E-state index in [1.807, 2.05) is 23.1 Å². The Morgan fingerprint density at radius 2 is 1.81 bits per heavy atom. The predicted octanol–water partition coefficient (Wildman–Crippen LogP) is 3.63. The highest BCUT2D eigenvalue weighted by molar-refractivity contribution is 5.93. The van der Waals surface area contributed by atoms with E-state index < -0.39 is 0 Å². The van der Waals surface area contributed by atoms with Crippen molar-refractivity contribution in [2.24, 2.45) is 5.92 Å². The third kappa shape index (κ3) is 4.85. The third-order valence-electron chi connectivity index (χ3n) is 5.79. The molecule has 0 radical (unpaired) electrons. The molecule has 160 valence electrons. The first kappa shape index (κ1) is 20.8. The fraction of sp³-hybridized carbons (Fsp3) is 0.320. The van der Waals surface area contributed by atoms with Gasteiger partial charge >= 0.3 is 0 Å². The van der Waals surface area contributed by atoms with Crippen LogP contribution in [0.2, 0.25) is 0 Å². The molecule has 0 aliphatic carbocycles. The molecule has 0 bridgehead atoms. The van der Waals surface area contributed by atoms with Gasteiger partial charge in [0.1, 0.15) is 5.69 Å². The van der Waals surface area contributed by atoms with Gasteiger partial charge in [-0.1, -0.05) is 61.5 Å². The molecule has 1 fully saturated rings. The smallest absolute Gasteiger partial charge is 0.271 e. The molecule has 0 saturated carbocycles. The predicted molar refractivity (Wildman–Crippen MR) is 120 cm³/mol. The van der Waals surface area contributed by atoms with Crippen LogP contribution < -0.4 is 0 Å². The Labute approximate surface area is 182 Å². The number of aromatic amines is 1. The highest BCUT2D eigenvalue weighted by Gasteiger charge is 2.32. The number of nitrogens with zero attached hydrogens (tertiary/aromatic N) is 3. The number of nitrogens with one attached hydrogen (secondary N) is 1. The first-order chi connectivity index (χ1) is 15.2. The van der Waals surface area contributed by atoms with Crippen LogP contribution >= 0.6 is 0 Å². The molecule has 1 aliphatic heterocycles. The van der Waals surface area contributed by atoms with E-state index >= 15 is 0 Å². The lowest BCUT2D eigenvalue weighted by Gasteiger charge is -2.23. The molecule has 0 unspecified atom stereocenters. The van der Waals surface area contributed by atoms with Gasteiger partial charge in [0.05, 0.1) is 18.4 Å². The quantitative estimate of drug-likeness (QED) is 0.667. The second-order valence-electron chi connectivity index (χ2n) is 8.01. The summed E-state index contributed by atoms with van der Waals surface area (Å²) in [6, 6.07) is 18.6. The second-order valence-corrected chi connectivity index (χ2v) is 8.01. The van der Waals surface area contributed by atoms with Gasteiger partial charge in [0.15, 0.2) is 0 Å². The number of hydrogen-bond donors (Lipinski definition) is 1. The number of imidazole rings is 1. The molecule has 2 heterocycles. The fourth-order valence-corrected chi connectivity index (χ4v) is 4.17. The number of carbonyl (C=O) groups excluding carboxylic acids is 2. The van der Waals surface area contributed by atoms with Crippen LogP contribution in [0.3, 0.4) is 0 Å². The zero-order valence-corrected chi connectivity index (χ0v) is 17.8. The summed E-state index contributed by atoms with van der Waals surface area (Å²) >= 11 is 0. The van der Waals surface area contributed by atoms with Gasteiger partial charge in [0.25, 0.3) is 5.91 Å². The lowest BCUT2D eigenvalue weighted by molar-refractivity contribution is -0.134. The highest BCUT2D eigenvalue weighted by Crippen LogP contribution is 2.22. The third-order valence-corrected chi connectivity index (χ3v) is 5.79. The molecule has 1 saturated heterocycles. The second kappa shape index (κ2) is 9.60. The maximum atomic E-state index is 13.3. The van der Waals surface area contributed by atoms with Gasteiger partial charge in [0, 0.05) is 26.2 Å². The molecular weight excluding hydrogens is 388 g/mol. The summed E-state index contributed by atoms with van der Waals surface area (Å²) in [6.07, 6.45) is 4.56. The molecule has 31 heavy (non-hydrogen) atoms. The molecule has 1 atom stereocenters. The highest BCUT2D eigenvalue weighted by atomic mass is 16.2. The molecule has 2 aromatic carbocycles. The van der Waals surface area contributed by atoms with Gasteiger partial charge in [-0.3, -0.25) is 9.59 Å². The van der Waals surface area contributed by atoms with Crippen LogP contribution in [0.1, 0.15) is 29.4 Å². The summed E-state index contributed by atoms with van der Waals surface area (Å²) < 4.78 is 0. The van der Waals surface area contributed by atoms with Crippen LogP contribution in [-0.2, 0) is 11.2 Å². The fourth-order valence-electron chi connectivity index (χ4n) is 4.17. The summed E-state index contributed by atoms with van der Waals surface area (Å²) in [5, 5.41) is 0. The van der Waals surface area contributed by atoms with Crippen LogP contribution in [0.5, 0.6) is 0 Å². The molecule has 6 nitrogen and oxygen atoms in total. The van der Waals surface area contributed by atoms with Crippen molar-refractivity contribution in [3.8, 4) is 11.1 Å². The Kier molecular flexibility index (Phi) is 6.46. The molecule has 6 heteroatoms. The maximum Gasteiger partial charge on any atom is 0.271 e. The van der Waals surface area contributed by atoms with Crippen molar-refractivity contribution >= 4 is 11.8 Å². The standard InChI is InChI=1S/C25H28N4O2/c1-2-12-28-13-14-29(25(31)23-16-26-18-27-23)17-22(24(28)30)15-19-8-10-21(11-9-19)20-6-4-3-5-7-20/h3-11,16,18,22H,2,12-15,17H2,1H3,(H,26,27)/t22-/m0/s1. The van der Waals surface area contributed by atoms with Crippen LogP contribution in [0.4, 0.5) is 0 Å². The first-order valence-corrected chi connectivity index (χ1v) is 10.9. The average Bonchev–Trinajstić information content (AvgIpc) is 3.30. The minimum Gasteiger partial charge on any atom is -0.341 e. The summed E-state index contributed by atoms with van der Waals surface area (Å²) in [6.45, 7) is 4.30. The topological polar surface area (TPSA) is 69.3 Å². The van der Waals surface area contributed by atoms with Gasteiger partial charge in [-0.15, -0.1) is 0 Å². The molecule has 0 spiro atoms. The van der Waals surface area contributed by atoms with Crippen LogP contribution in [0.25, 0.3) is 11.1 Å². The summed E-state index contributed by atoms with van der Waals surface area (Å²) in [5.74, 6) is -0.231. The van der Waals surface area contributed by atoms with E-state index in [1.165, 1.54) is 18.1 Å². The van der Waals surface area contributed by atoms with Gasteiger partial charge in [0.2, 0.25) is 5.91 Å². The molecule has 1 N–H and O–H groups in total. The average molecular weight is 417 g/mol.